The van der Waals surface area contributed by atoms with Gasteiger partial charge in [-0.15, -0.1) is 6.58 Å². The van der Waals surface area contributed by atoms with Crippen LogP contribution in [0.15, 0.2) is 12.7 Å². The van der Waals surface area contributed by atoms with Crippen LogP contribution in [0.5, 0.6) is 0 Å². The van der Waals surface area contributed by atoms with Crippen molar-refractivity contribution in [1.29, 1.82) is 0 Å². The Kier molecular flexibility index (Phi) is 2.75. The van der Waals surface area contributed by atoms with Crippen LogP contribution in [0.1, 0.15) is 19.3 Å². The van der Waals surface area contributed by atoms with E-state index in [9.17, 15) is 9.59 Å². The zero-order chi connectivity index (χ0) is 10.8. The van der Waals surface area contributed by atoms with Gasteiger partial charge in [-0.25, -0.2) is 0 Å². The molecular weight excluding hydrogens is 192 g/mol. The SMILES string of the molecule is C=CC1CC(=O)N(C2CCCNC2=O)C1. The van der Waals surface area contributed by atoms with Gasteiger partial charge in [0, 0.05) is 25.4 Å². The molecule has 2 aliphatic heterocycles. The fraction of sp³-hybridized carbons (Fsp3) is 0.636. The Hall–Kier alpha value is -1.32. The van der Waals surface area contributed by atoms with Gasteiger partial charge in [0.1, 0.15) is 6.04 Å². The van der Waals surface area contributed by atoms with E-state index in [2.05, 4.69) is 11.9 Å². The van der Waals surface area contributed by atoms with Crippen LogP contribution in [-0.2, 0) is 9.59 Å². The van der Waals surface area contributed by atoms with Crippen molar-refractivity contribution in [2.75, 3.05) is 13.1 Å². The summed E-state index contributed by atoms with van der Waals surface area (Å²) in [5, 5.41) is 2.80. The monoisotopic (exact) mass is 208 g/mol. The van der Waals surface area contributed by atoms with Crippen molar-refractivity contribution in [2.45, 2.75) is 25.3 Å². The second-order valence-electron chi connectivity index (χ2n) is 4.20. The first-order valence-electron chi connectivity index (χ1n) is 5.42. The molecule has 15 heavy (non-hydrogen) atoms. The maximum atomic E-state index is 11.7. The van der Waals surface area contributed by atoms with Crippen molar-refractivity contribution in [3.05, 3.63) is 12.7 Å². The van der Waals surface area contributed by atoms with Crippen LogP contribution in [0.4, 0.5) is 0 Å². The molecule has 2 atom stereocenters. The molecule has 2 saturated heterocycles. The number of carbonyl (C=O) groups is 2. The molecule has 2 aliphatic rings. The second kappa shape index (κ2) is 4.04. The molecule has 0 aromatic rings. The molecule has 2 heterocycles. The maximum absolute atomic E-state index is 11.7. The first kappa shape index (κ1) is 10.2. The topological polar surface area (TPSA) is 49.4 Å². The highest BCUT2D eigenvalue weighted by molar-refractivity contribution is 5.89. The van der Waals surface area contributed by atoms with Gasteiger partial charge >= 0.3 is 0 Å². The summed E-state index contributed by atoms with van der Waals surface area (Å²) in [5.74, 6) is 0.300. The third-order valence-electron chi connectivity index (χ3n) is 3.15. The molecule has 0 saturated carbocycles. The van der Waals surface area contributed by atoms with Gasteiger partial charge in [-0.3, -0.25) is 9.59 Å². The fourth-order valence-electron chi connectivity index (χ4n) is 2.27. The van der Waals surface area contributed by atoms with Crippen molar-refractivity contribution in [1.82, 2.24) is 10.2 Å². The number of likely N-dealkylation sites (tertiary alicyclic amines) is 1. The number of hydrogen-bond acceptors (Lipinski definition) is 2. The Bertz CT molecular complexity index is 301. The molecule has 1 N–H and O–H groups in total. The minimum absolute atomic E-state index is 0.000637. The third kappa shape index (κ3) is 1.89. The average Bonchev–Trinajstić information content (AvgIpc) is 2.60. The fourth-order valence-corrected chi connectivity index (χ4v) is 2.27. The summed E-state index contributed by atoms with van der Waals surface area (Å²) in [6, 6.07) is -0.240. The van der Waals surface area contributed by atoms with E-state index in [1.54, 1.807) is 11.0 Å². The largest absolute Gasteiger partial charge is 0.354 e. The average molecular weight is 208 g/mol. The molecule has 2 rings (SSSR count). The lowest BCUT2D eigenvalue weighted by atomic mass is 10.1. The summed E-state index contributed by atoms with van der Waals surface area (Å²) >= 11 is 0. The van der Waals surface area contributed by atoms with E-state index in [4.69, 9.17) is 0 Å². The highest BCUT2D eigenvalue weighted by Gasteiger charge is 2.37. The predicted molar refractivity (Wildman–Crippen MR) is 56.0 cm³/mol. The van der Waals surface area contributed by atoms with Crippen molar-refractivity contribution < 1.29 is 9.59 Å². The van der Waals surface area contributed by atoms with Crippen molar-refractivity contribution in [2.24, 2.45) is 5.92 Å². The first-order valence-corrected chi connectivity index (χ1v) is 5.42. The molecule has 2 fully saturated rings. The number of carbonyl (C=O) groups excluding carboxylic acids is 2. The summed E-state index contributed by atoms with van der Waals surface area (Å²) in [7, 11) is 0. The summed E-state index contributed by atoms with van der Waals surface area (Å²) in [5.41, 5.74) is 0. The summed E-state index contributed by atoms with van der Waals surface area (Å²) in [6.07, 6.45) is 4.06. The Morgan fingerprint density at radius 3 is 2.87 bits per heavy atom. The standard InChI is InChI=1S/C11H16N2O2/c1-2-8-6-10(14)13(7-8)9-4-3-5-12-11(9)15/h2,8-9H,1,3-7H2,(H,12,15). The van der Waals surface area contributed by atoms with E-state index in [0.717, 1.165) is 19.4 Å². The summed E-state index contributed by atoms with van der Waals surface area (Å²) in [4.78, 5) is 25.0. The molecule has 4 nitrogen and oxygen atoms in total. The maximum Gasteiger partial charge on any atom is 0.242 e. The van der Waals surface area contributed by atoms with E-state index in [-0.39, 0.29) is 23.8 Å². The number of nitrogens with one attached hydrogen (secondary N) is 1. The van der Waals surface area contributed by atoms with Gasteiger partial charge in [-0.2, -0.15) is 0 Å². The lowest BCUT2D eigenvalue weighted by Crippen LogP contribution is -2.51. The molecule has 0 bridgehead atoms. The molecule has 0 spiro atoms. The quantitative estimate of drug-likeness (QED) is 0.663. The van der Waals surface area contributed by atoms with Crippen LogP contribution in [0.25, 0.3) is 0 Å². The molecule has 0 radical (unpaired) electrons. The number of amides is 2. The highest BCUT2D eigenvalue weighted by atomic mass is 16.2. The highest BCUT2D eigenvalue weighted by Crippen LogP contribution is 2.23. The number of nitrogens with zero attached hydrogens (tertiary/aromatic N) is 1. The van der Waals surface area contributed by atoms with Crippen LogP contribution < -0.4 is 5.32 Å². The Morgan fingerprint density at radius 2 is 2.27 bits per heavy atom. The Balaban J connectivity index is 2.06. The number of rotatable bonds is 2. The van der Waals surface area contributed by atoms with E-state index >= 15 is 0 Å². The summed E-state index contributed by atoms with van der Waals surface area (Å²) < 4.78 is 0. The van der Waals surface area contributed by atoms with Crippen LogP contribution >= 0.6 is 0 Å². The van der Waals surface area contributed by atoms with E-state index < -0.39 is 0 Å². The van der Waals surface area contributed by atoms with Crippen molar-refractivity contribution in [3.8, 4) is 0 Å². The smallest absolute Gasteiger partial charge is 0.242 e. The third-order valence-corrected chi connectivity index (χ3v) is 3.15. The van der Waals surface area contributed by atoms with Crippen LogP contribution in [0.3, 0.4) is 0 Å². The normalized spacial score (nSPS) is 31.6. The van der Waals surface area contributed by atoms with Crippen molar-refractivity contribution >= 4 is 11.8 Å². The lowest BCUT2D eigenvalue weighted by molar-refractivity contribution is -0.138. The minimum Gasteiger partial charge on any atom is -0.354 e. The Labute approximate surface area is 89.3 Å². The number of hydrogen-bond donors (Lipinski definition) is 1. The van der Waals surface area contributed by atoms with Crippen LogP contribution in [-0.4, -0.2) is 35.8 Å². The molecule has 82 valence electrons. The van der Waals surface area contributed by atoms with Crippen LogP contribution in [0, 0.1) is 5.92 Å². The van der Waals surface area contributed by atoms with Crippen LogP contribution in [0.2, 0.25) is 0 Å². The van der Waals surface area contributed by atoms with Gasteiger partial charge < -0.3 is 10.2 Å². The van der Waals surface area contributed by atoms with Gasteiger partial charge in [0.25, 0.3) is 0 Å². The second-order valence-corrected chi connectivity index (χ2v) is 4.20. The molecule has 0 aromatic carbocycles. The number of piperidine rings is 1. The Morgan fingerprint density at radius 1 is 1.47 bits per heavy atom. The zero-order valence-corrected chi connectivity index (χ0v) is 8.74. The van der Waals surface area contributed by atoms with E-state index in [1.807, 2.05) is 0 Å². The first-order chi connectivity index (χ1) is 7.22. The summed E-state index contributed by atoms with van der Waals surface area (Å²) in [6.45, 7) is 5.09. The lowest BCUT2D eigenvalue weighted by Gasteiger charge is -2.30. The van der Waals surface area contributed by atoms with E-state index in [0.29, 0.717) is 13.0 Å². The van der Waals surface area contributed by atoms with Crippen molar-refractivity contribution in [3.63, 3.8) is 0 Å². The minimum atomic E-state index is -0.240. The van der Waals surface area contributed by atoms with E-state index in [1.165, 1.54) is 0 Å². The molecule has 0 aliphatic carbocycles. The molecule has 0 aromatic heterocycles. The molecule has 2 amide bonds. The van der Waals surface area contributed by atoms with Gasteiger partial charge in [-0.1, -0.05) is 6.08 Å². The molecule has 2 unspecified atom stereocenters. The molecule has 4 heteroatoms. The predicted octanol–water partition coefficient (Wildman–Crippen LogP) is 0.299. The zero-order valence-electron chi connectivity index (χ0n) is 8.74. The van der Waals surface area contributed by atoms with Gasteiger partial charge in [0.05, 0.1) is 0 Å². The molecular formula is C11H16N2O2. The van der Waals surface area contributed by atoms with Gasteiger partial charge in [0.15, 0.2) is 0 Å². The van der Waals surface area contributed by atoms with Gasteiger partial charge in [0.2, 0.25) is 11.8 Å². The van der Waals surface area contributed by atoms with Gasteiger partial charge in [-0.05, 0) is 12.8 Å².